The normalized spacial score (nSPS) is 11.2. The van der Waals surface area contributed by atoms with Crippen molar-refractivity contribution in [2.45, 2.75) is 38.6 Å². The summed E-state index contributed by atoms with van der Waals surface area (Å²) in [6.45, 7) is 3.68. The molecule has 0 saturated carbocycles. The molecule has 0 unspecified atom stereocenters. The average molecular weight is 318 g/mol. The van der Waals surface area contributed by atoms with Gasteiger partial charge in [-0.1, -0.05) is 37.0 Å². The minimum absolute atomic E-state index is 0.135. The Morgan fingerprint density at radius 1 is 1.25 bits per heavy atom. The van der Waals surface area contributed by atoms with Crippen LogP contribution in [0.4, 0.5) is 0 Å². The highest BCUT2D eigenvalue weighted by Gasteiger charge is 2.31. The van der Waals surface area contributed by atoms with Crippen LogP contribution in [0, 0.1) is 0 Å². The molecule has 1 aromatic carbocycles. The fourth-order valence-corrected chi connectivity index (χ4v) is 2.37. The number of aliphatic carboxylic acids is 1. The SMILES string of the molecule is CCC(CC)(CC(=O)O)NC(=O)c1cc(Cl)ccc1Cl. The molecule has 20 heavy (non-hydrogen) atoms. The molecule has 0 spiro atoms. The highest BCUT2D eigenvalue weighted by atomic mass is 35.5. The summed E-state index contributed by atoms with van der Waals surface area (Å²) in [4.78, 5) is 23.3. The summed E-state index contributed by atoms with van der Waals surface area (Å²) >= 11 is 11.8. The first-order chi connectivity index (χ1) is 9.33. The van der Waals surface area contributed by atoms with Gasteiger partial charge >= 0.3 is 5.97 Å². The monoisotopic (exact) mass is 317 g/mol. The van der Waals surface area contributed by atoms with Gasteiger partial charge in [0.1, 0.15) is 0 Å². The van der Waals surface area contributed by atoms with Crippen molar-refractivity contribution >= 4 is 35.1 Å². The van der Waals surface area contributed by atoms with Crippen LogP contribution in [0.15, 0.2) is 18.2 Å². The van der Waals surface area contributed by atoms with Crippen molar-refractivity contribution in [2.24, 2.45) is 0 Å². The molecule has 1 aromatic rings. The van der Waals surface area contributed by atoms with Gasteiger partial charge in [0.15, 0.2) is 0 Å². The number of carboxylic acid groups (broad SMARTS) is 1. The Bertz CT molecular complexity index is 513. The number of carbonyl (C=O) groups excluding carboxylic acids is 1. The van der Waals surface area contributed by atoms with Gasteiger partial charge in [-0.2, -0.15) is 0 Å². The average Bonchev–Trinajstić information content (AvgIpc) is 2.40. The number of halogens is 2. The van der Waals surface area contributed by atoms with Gasteiger partial charge in [-0.05, 0) is 31.0 Å². The number of rotatable bonds is 6. The largest absolute Gasteiger partial charge is 0.481 e. The molecule has 0 aliphatic carbocycles. The Morgan fingerprint density at radius 2 is 1.85 bits per heavy atom. The molecule has 4 nitrogen and oxygen atoms in total. The quantitative estimate of drug-likeness (QED) is 0.839. The Balaban J connectivity index is 3.02. The van der Waals surface area contributed by atoms with E-state index in [9.17, 15) is 9.59 Å². The lowest BCUT2D eigenvalue weighted by molar-refractivity contribution is -0.138. The predicted molar refractivity (Wildman–Crippen MR) is 79.5 cm³/mol. The van der Waals surface area contributed by atoms with E-state index in [-0.39, 0.29) is 17.0 Å². The number of carboxylic acids is 1. The zero-order chi connectivity index (χ0) is 15.3. The van der Waals surface area contributed by atoms with E-state index in [0.717, 1.165) is 0 Å². The standard InChI is InChI=1S/C14H17Cl2NO3/c1-3-14(4-2,8-12(18)19)17-13(20)10-7-9(15)5-6-11(10)16/h5-7H,3-4,8H2,1-2H3,(H,17,20)(H,18,19). The first-order valence-corrected chi connectivity index (χ1v) is 7.08. The number of hydrogen-bond donors (Lipinski definition) is 2. The molecule has 0 bridgehead atoms. The number of carbonyl (C=O) groups is 2. The molecule has 0 heterocycles. The van der Waals surface area contributed by atoms with E-state index in [1.165, 1.54) is 12.1 Å². The molecular weight excluding hydrogens is 301 g/mol. The molecule has 0 saturated heterocycles. The first-order valence-electron chi connectivity index (χ1n) is 6.33. The molecule has 0 aliphatic rings. The lowest BCUT2D eigenvalue weighted by Crippen LogP contribution is -2.49. The van der Waals surface area contributed by atoms with E-state index in [0.29, 0.717) is 17.9 Å². The van der Waals surface area contributed by atoms with Crippen LogP contribution in [0.1, 0.15) is 43.5 Å². The van der Waals surface area contributed by atoms with Crippen LogP contribution in [0.5, 0.6) is 0 Å². The molecule has 0 aromatic heterocycles. The van der Waals surface area contributed by atoms with Gasteiger partial charge in [0.05, 0.1) is 22.5 Å². The van der Waals surface area contributed by atoms with Gasteiger partial charge in [-0.15, -0.1) is 0 Å². The molecule has 2 N–H and O–H groups in total. The van der Waals surface area contributed by atoms with Gasteiger partial charge in [-0.3, -0.25) is 9.59 Å². The maximum Gasteiger partial charge on any atom is 0.305 e. The molecule has 0 fully saturated rings. The lowest BCUT2D eigenvalue weighted by Gasteiger charge is -2.31. The van der Waals surface area contributed by atoms with Crippen LogP contribution in [-0.4, -0.2) is 22.5 Å². The van der Waals surface area contributed by atoms with Crippen molar-refractivity contribution in [3.63, 3.8) is 0 Å². The Labute approximate surface area is 128 Å². The molecule has 1 rings (SSSR count). The van der Waals surface area contributed by atoms with Gasteiger partial charge in [-0.25, -0.2) is 0 Å². The molecule has 0 aliphatic heterocycles. The number of amides is 1. The van der Waals surface area contributed by atoms with Crippen LogP contribution >= 0.6 is 23.2 Å². The predicted octanol–water partition coefficient (Wildman–Crippen LogP) is 3.76. The Hall–Kier alpha value is -1.26. The highest BCUT2D eigenvalue weighted by Crippen LogP contribution is 2.24. The first kappa shape index (κ1) is 16.8. The van der Waals surface area contributed by atoms with Crippen LogP contribution in [-0.2, 0) is 4.79 Å². The maximum absolute atomic E-state index is 12.3. The second kappa shape index (κ2) is 6.95. The molecular formula is C14H17Cl2NO3. The van der Waals surface area contributed by atoms with E-state index in [2.05, 4.69) is 5.32 Å². The van der Waals surface area contributed by atoms with Crippen molar-refractivity contribution in [3.8, 4) is 0 Å². The fourth-order valence-electron chi connectivity index (χ4n) is 1.99. The summed E-state index contributed by atoms with van der Waals surface area (Å²) in [6, 6.07) is 4.59. The van der Waals surface area contributed by atoms with E-state index >= 15 is 0 Å². The summed E-state index contributed by atoms with van der Waals surface area (Å²) in [5.41, 5.74) is -0.537. The van der Waals surface area contributed by atoms with E-state index in [1.807, 2.05) is 13.8 Å². The summed E-state index contributed by atoms with van der Waals surface area (Å²) in [5, 5.41) is 12.5. The third-order valence-corrected chi connectivity index (χ3v) is 3.96. The summed E-state index contributed by atoms with van der Waals surface area (Å²) in [7, 11) is 0. The molecule has 110 valence electrons. The van der Waals surface area contributed by atoms with E-state index in [4.69, 9.17) is 28.3 Å². The van der Waals surface area contributed by atoms with Crippen LogP contribution in [0.25, 0.3) is 0 Å². The summed E-state index contributed by atoms with van der Waals surface area (Å²) in [5.74, 6) is -1.37. The molecule has 1 amide bonds. The number of benzene rings is 1. The fraction of sp³-hybridized carbons (Fsp3) is 0.429. The van der Waals surface area contributed by atoms with Crippen LogP contribution < -0.4 is 5.32 Å². The van der Waals surface area contributed by atoms with Crippen molar-refractivity contribution in [3.05, 3.63) is 33.8 Å². The zero-order valence-corrected chi connectivity index (χ0v) is 12.9. The van der Waals surface area contributed by atoms with E-state index < -0.39 is 17.4 Å². The minimum Gasteiger partial charge on any atom is -0.481 e. The van der Waals surface area contributed by atoms with Crippen LogP contribution in [0.2, 0.25) is 10.0 Å². The van der Waals surface area contributed by atoms with Crippen molar-refractivity contribution in [1.82, 2.24) is 5.32 Å². The topological polar surface area (TPSA) is 66.4 Å². The van der Waals surface area contributed by atoms with Gasteiger partial charge < -0.3 is 10.4 Å². The van der Waals surface area contributed by atoms with Crippen molar-refractivity contribution in [2.75, 3.05) is 0 Å². The zero-order valence-electron chi connectivity index (χ0n) is 11.4. The van der Waals surface area contributed by atoms with Crippen LogP contribution in [0.3, 0.4) is 0 Å². The van der Waals surface area contributed by atoms with Crippen molar-refractivity contribution in [1.29, 1.82) is 0 Å². The smallest absolute Gasteiger partial charge is 0.305 e. The highest BCUT2D eigenvalue weighted by molar-refractivity contribution is 6.35. The number of hydrogen-bond acceptors (Lipinski definition) is 2. The number of nitrogens with one attached hydrogen (secondary N) is 1. The van der Waals surface area contributed by atoms with Gasteiger partial charge in [0.2, 0.25) is 0 Å². The van der Waals surface area contributed by atoms with E-state index in [1.54, 1.807) is 6.07 Å². The second-order valence-corrected chi connectivity index (χ2v) is 5.48. The molecule has 0 atom stereocenters. The summed E-state index contributed by atoms with van der Waals surface area (Å²) < 4.78 is 0. The molecule has 0 radical (unpaired) electrons. The lowest BCUT2D eigenvalue weighted by atomic mass is 9.88. The third kappa shape index (κ3) is 4.12. The van der Waals surface area contributed by atoms with Gasteiger partial charge in [0, 0.05) is 5.02 Å². The summed E-state index contributed by atoms with van der Waals surface area (Å²) in [6.07, 6.45) is 0.892. The Kier molecular flexibility index (Phi) is 5.84. The Morgan fingerprint density at radius 3 is 2.35 bits per heavy atom. The van der Waals surface area contributed by atoms with Crippen molar-refractivity contribution < 1.29 is 14.7 Å². The third-order valence-electron chi connectivity index (χ3n) is 3.39. The minimum atomic E-state index is -0.953. The molecule has 6 heteroatoms. The second-order valence-electron chi connectivity index (χ2n) is 4.64. The van der Waals surface area contributed by atoms with Gasteiger partial charge in [0.25, 0.3) is 5.91 Å². The maximum atomic E-state index is 12.3.